The number of aryl methyl sites for hydroxylation is 1. The molecule has 1 aromatic rings. The number of nitrogens with zero attached hydrogens (tertiary/aromatic N) is 2. The molecule has 0 aromatic carbocycles. The fraction of sp³-hybridized carbons (Fsp3) is 0.706. The molecule has 0 aliphatic carbocycles. The highest BCUT2D eigenvalue weighted by Crippen LogP contribution is 2.41. The van der Waals surface area contributed by atoms with E-state index in [1.54, 1.807) is 19.0 Å². The van der Waals surface area contributed by atoms with Crippen LogP contribution in [0.15, 0.2) is 16.5 Å². The number of amides is 1. The molecule has 3 rings (SSSR count). The molecule has 0 radical (unpaired) electrons. The molecular weight excluding hydrogens is 280 g/mol. The third kappa shape index (κ3) is 3.20. The quantitative estimate of drug-likeness (QED) is 0.857. The molecule has 2 aliphatic rings. The second-order valence-electron chi connectivity index (χ2n) is 7.06. The van der Waals surface area contributed by atoms with Crippen LogP contribution in [0.3, 0.4) is 0 Å². The van der Waals surface area contributed by atoms with E-state index in [9.17, 15) is 4.79 Å². The predicted octanol–water partition coefficient (Wildman–Crippen LogP) is 2.05. The van der Waals surface area contributed by atoms with E-state index in [0.29, 0.717) is 6.61 Å². The second-order valence-corrected chi connectivity index (χ2v) is 7.06. The normalized spacial score (nSPS) is 29.1. The highest BCUT2D eigenvalue weighted by atomic mass is 16.5. The Balaban J connectivity index is 1.62. The number of carbonyl (C=O) groups is 1. The standard InChI is InChI=1S/C17H26N2O3/c1-13-5-6-14(22-13)10-19-8-4-7-17(11-19)9-15(21-12-17)16(20)18(2)3/h5-6,15H,4,7-12H2,1-3H3/t15-,17-/m1/s1. The molecule has 0 saturated carbocycles. The van der Waals surface area contributed by atoms with Crippen molar-refractivity contribution in [2.24, 2.45) is 5.41 Å². The highest BCUT2D eigenvalue weighted by molar-refractivity contribution is 5.80. The number of carbonyl (C=O) groups excluding carboxylic acids is 1. The van der Waals surface area contributed by atoms with Crippen LogP contribution in [0.2, 0.25) is 0 Å². The third-order valence-electron chi connectivity index (χ3n) is 4.84. The fourth-order valence-corrected chi connectivity index (χ4v) is 3.76. The summed E-state index contributed by atoms with van der Waals surface area (Å²) in [7, 11) is 3.59. The lowest BCUT2D eigenvalue weighted by Crippen LogP contribution is -2.43. The fourth-order valence-electron chi connectivity index (χ4n) is 3.76. The molecule has 0 N–H and O–H groups in total. The van der Waals surface area contributed by atoms with Crippen molar-refractivity contribution >= 4 is 5.91 Å². The molecule has 22 heavy (non-hydrogen) atoms. The Labute approximate surface area is 132 Å². The molecule has 0 unspecified atom stereocenters. The molecule has 2 saturated heterocycles. The molecule has 1 aromatic heterocycles. The summed E-state index contributed by atoms with van der Waals surface area (Å²) in [4.78, 5) is 16.2. The molecule has 5 heteroatoms. The molecule has 2 atom stereocenters. The van der Waals surface area contributed by atoms with Crippen LogP contribution < -0.4 is 0 Å². The van der Waals surface area contributed by atoms with E-state index in [-0.39, 0.29) is 17.4 Å². The highest BCUT2D eigenvalue weighted by Gasteiger charge is 2.45. The van der Waals surface area contributed by atoms with Gasteiger partial charge in [0, 0.05) is 26.1 Å². The Hall–Kier alpha value is -1.33. The monoisotopic (exact) mass is 306 g/mol. The van der Waals surface area contributed by atoms with Gasteiger partial charge in [-0.3, -0.25) is 9.69 Å². The summed E-state index contributed by atoms with van der Waals surface area (Å²) in [6.07, 6.45) is 2.89. The zero-order chi connectivity index (χ0) is 15.7. The zero-order valence-corrected chi connectivity index (χ0v) is 13.8. The molecule has 5 nitrogen and oxygen atoms in total. The summed E-state index contributed by atoms with van der Waals surface area (Å²) < 4.78 is 11.5. The van der Waals surface area contributed by atoms with Crippen molar-refractivity contribution in [3.8, 4) is 0 Å². The maximum Gasteiger partial charge on any atom is 0.251 e. The Bertz CT molecular complexity index is 540. The van der Waals surface area contributed by atoms with Crippen LogP contribution in [-0.4, -0.2) is 55.6 Å². The Morgan fingerprint density at radius 3 is 2.95 bits per heavy atom. The number of likely N-dealkylation sites (N-methyl/N-ethyl adjacent to an activating group) is 1. The van der Waals surface area contributed by atoms with E-state index >= 15 is 0 Å². The van der Waals surface area contributed by atoms with Crippen molar-refractivity contribution in [2.45, 2.75) is 38.8 Å². The minimum Gasteiger partial charge on any atom is -0.465 e. The third-order valence-corrected chi connectivity index (χ3v) is 4.84. The average Bonchev–Trinajstić information content (AvgIpc) is 3.05. The first kappa shape index (κ1) is 15.6. The maximum absolute atomic E-state index is 12.1. The summed E-state index contributed by atoms with van der Waals surface area (Å²) >= 11 is 0. The van der Waals surface area contributed by atoms with Gasteiger partial charge in [0.05, 0.1) is 13.2 Å². The number of furan rings is 1. The van der Waals surface area contributed by atoms with Crippen LogP contribution in [0.25, 0.3) is 0 Å². The van der Waals surface area contributed by atoms with Gasteiger partial charge in [-0.05, 0) is 44.9 Å². The summed E-state index contributed by atoms with van der Waals surface area (Å²) in [6, 6.07) is 4.07. The van der Waals surface area contributed by atoms with Crippen LogP contribution >= 0.6 is 0 Å². The van der Waals surface area contributed by atoms with Gasteiger partial charge in [0.25, 0.3) is 5.91 Å². The largest absolute Gasteiger partial charge is 0.465 e. The van der Waals surface area contributed by atoms with Gasteiger partial charge in [0.1, 0.15) is 17.6 Å². The number of ether oxygens (including phenoxy) is 1. The van der Waals surface area contributed by atoms with Gasteiger partial charge in [-0.2, -0.15) is 0 Å². The first-order valence-electron chi connectivity index (χ1n) is 8.08. The van der Waals surface area contributed by atoms with Crippen molar-refractivity contribution in [3.05, 3.63) is 23.7 Å². The van der Waals surface area contributed by atoms with Crippen molar-refractivity contribution < 1.29 is 13.9 Å². The molecule has 1 amide bonds. The molecule has 122 valence electrons. The van der Waals surface area contributed by atoms with Crippen molar-refractivity contribution in [1.29, 1.82) is 0 Å². The Morgan fingerprint density at radius 2 is 2.27 bits per heavy atom. The van der Waals surface area contributed by atoms with Crippen molar-refractivity contribution in [3.63, 3.8) is 0 Å². The van der Waals surface area contributed by atoms with Crippen molar-refractivity contribution in [2.75, 3.05) is 33.8 Å². The van der Waals surface area contributed by atoms with Crippen LogP contribution in [0.5, 0.6) is 0 Å². The first-order chi connectivity index (χ1) is 10.5. The van der Waals surface area contributed by atoms with Crippen LogP contribution in [0.1, 0.15) is 30.8 Å². The number of piperidine rings is 1. The maximum atomic E-state index is 12.1. The Kier molecular flexibility index (Phi) is 4.28. The van der Waals surface area contributed by atoms with Crippen LogP contribution in [0.4, 0.5) is 0 Å². The Morgan fingerprint density at radius 1 is 1.45 bits per heavy atom. The predicted molar refractivity (Wildman–Crippen MR) is 83.4 cm³/mol. The lowest BCUT2D eigenvalue weighted by Gasteiger charge is -2.39. The average molecular weight is 306 g/mol. The van der Waals surface area contributed by atoms with Gasteiger partial charge in [0.2, 0.25) is 0 Å². The molecule has 3 heterocycles. The van der Waals surface area contributed by atoms with E-state index < -0.39 is 0 Å². The van der Waals surface area contributed by atoms with Gasteiger partial charge < -0.3 is 14.1 Å². The number of likely N-dealkylation sites (tertiary alicyclic amines) is 1. The van der Waals surface area contributed by atoms with Crippen LogP contribution in [0, 0.1) is 12.3 Å². The summed E-state index contributed by atoms with van der Waals surface area (Å²) in [5.41, 5.74) is 0.135. The van der Waals surface area contributed by atoms with Gasteiger partial charge in [0.15, 0.2) is 0 Å². The zero-order valence-electron chi connectivity index (χ0n) is 13.8. The molecule has 1 spiro atoms. The smallest absolute Gasteiger partial charge is 0.251 e. The minimum absolute atomic E-state index is 0.0932. The van der Waals surface area contributed by atoms with Gasteiger partial charge in [-0.1, -0.05) is 0 Å². The number of rotatable bonds is 3. The minimum atomic E-state index is -0.263. The van der Waals surface area contributed by atoms with Gasteiger partial charge in [-0.15, -0.1) is 0 Å². The van der Waals surface area contributed by atoms with E-state index in [4.69, 9.17) is 9.15 Å². The van der Waals surface area contributed by atoms with E-state index in [1.807, 2.05) is 13.0 Å². The topological polar surface area (TPSA) is 45.9 Å². The molecular formula is C17H26N2O3. The number of hydrogen-bond donors (Lipinski definition) is 0. The molecule has 0 bridgehead atoms. The second kappa shape index (κ2) is 6.05. The van der Waals surface area contributed by atoms with E-state index in [0.717, 1.165) is 50.4 Å². The number of hydrogen-bond acceptors (Lipinski definition) is 4. The summed E-state index contributed by atoms with van der Waals surface area (Å²) in [5.74, 6) is 2.08. The lowest BCUT2D eigenvalue weighted by atomic mass is 9.78. The van der Waals surface area contributed by atoms with Crippen LogP contribution in [-0.2, 0) is 16.1 Å². The molecule has 2 fully saturated rings. The van der Waals surface area contributed by atoms with E-state index in [1.165, 1.54) is 0 Å². The van der Waals surface area contributed by atoms with Gasteiger partial charge >= 0.3 is 0 Å². The summed E-state index contributed by atoms with van der Waals surface area (Å²) in [5, 5.41) is 0. The SMILES string of the molecule is Cc1ccc(CN2CCC[C@]3(CO[C@@H](C(=O)N(C)C)C3)C2)o1. The summed E-state index contributed by atoms with van der Waals surface area (Å²) in [6.45, 7) is 5.61. The first-order valence-corrected chi connectivity index (χ1v) is 8.08. The lowest BCUT2D eigenvalue weighted by molar-refractivity contribution is -0.138. The van der Waals surface area contributed by atoms with Gasteiger partial charge in [-0.25, -0.2) is 0 Å². The molecule has 2 aliphatic heterocycles. The van der Waals surface area contributed by atoms with Crippen molar-refractivity contribution in [1.82, 2.24) is 9.80 Å². The van der Waals surface area contributed by atoms with E-state index in [2.05, 4.69) is 11.0 Å².